The number of hydrogen-bond acceptors (Lipinski definition) is 4. The molecule has 1 saturated carbocycles. The van der Waals surface area contributed by atoms with Crippen molar-refractivity contribution in [3.63, 3.8) is 0 Å². The summed E-state index contributed by atoms with van der Waals surface area (Å²) in [5.41, 5.74) is 0.388. The summed E-state index contributed by atoms with van der Waals surface area (Å²) in [5, 5.41) is 15.0. The van der Waals surface area contributed by atoms with Gasteiger partial charge in [-0.25, -0.2) is 0 Å². The Kier molecular flexibility index (Phi) is 4.27. The van der Waals surface area contributed by atoms with E-state index in [4.69, 9.17) is 0 Å². The molecule has 0 aromatic heterocycles. The van der Waals surface area contributed by atoms with E-state index in [9.17, 15) is 14.9 Å². The number of rotatable bonds is 6. The molecule has 0 spiro atoms. The maximum Gasteiger partial charge on any atom is 0.240 e. The lowest BCUT2D eigenvalue weighted by Crippen LogP contribution is -2.48. The number of hydrogen-bond donors (Lipinski definition) is 2. The van der Waals surface area contributed by atoms with E-state index >= 15 is 0 Å². The van der Waals surface area contributed by atoms with Crippen LogP contribution in [0.3, 0.4) is 0 Å². The molecule has 0 heterocycles. The van der Waals surface area contributed by atoms with E-state index in [1.54, 1.807) is 31.2 Å². The number of para-hydroxylation sites is 1. The lowest BCUT2D eigenvalue weighted by Gasteiger charge is -2.23. The molecule has 5 heteroatoms. The number of carbonyl (C=O) groups is 2. The van der Waals surface area contributed by atoms with Gasteiger partial charge in [0, 0.05) is 11.3 Å². The highest BCUT2D eigenvalue weighted by atomic mass is 16.2. The van der Waals surface area contributed by atoms with Gasteiger partial charge in [0.25, 0.3) is 0 Å². The molecule has 1 amide bonds. The van der Waals surface area contributed by atoms with E-state index in [0.29, 0.717) is 11.3 Å². The summed E-state index contributed by atoms with van der Waals surface area (Å²) in [6.07, 6.45) is 1.95. The molecule has 0 saturated heterocycles. The first-order chi connectivity index (χ1) is 9.96. The zero-order chi connectivity index (χ0) is 15.5. The van der Waals surface area contributed by atoms with Crippen LogP contribution in [-0.4, -0.2) is 23.8 Å². The van der Waals surface area contributed by atoms with Gasteiger partial charge in [0.15, 0.2) is 5.78 Å². The summed E-state index contributed by atoms with van der Waals surface area (Å²) in [7, 11) is 0. The Bertz CT molecular complexity index is 602. The Labute approximate surface area is 124 Å². The Morgan fingerprint density at radius 1 is 1.38 bits per heavy atom. The van der Waals surface area contributed by atoms with Gasteiger partial charge in [0.1, 0.15) is 5.54 Å². The van der Waals surface area contributed by atoms with Crippen molar-refractivity contribution in [1.29, 1.82) is 5.26 Å². The summed E-state index contributed by atoms with van der Waals surface area (Å²) in [4.78, 5) is 23.5. The van der Waals surface area contributed by atoms with Gasteiger partial charge in [-0.3, -0.25) is 9.59 Å². The molecule has 1 aromatic rings. The molecule has 1 aliphatic rings. The summed E-state index contributed by atoms with van der Waals surface area (Å²) in [6, 6.07) is 9.24. The standard InChI is InChI=1S/C16H19N3O2/c1-11(20)13-5-3-4-6-14(13)18-9-15(21)19-16(2,10-17)12-7-8-12/h3-6,12,18H,7-9H2,1-2H3,(H,19,21). The van der Waals surface area contributed by atoms with Gasteiger partial charge in [0.2, 0.25) is 5.91 Å². The topological polar surface area (TPSA) is 82.0 Å². The molecule has 0 bridgehead atoms. The molecule has 1 aliphatic carbocycles. The normalized spacial score (nSPS) is 16.4. The molecule has 21 heavy (non-hydrogen) atoms. The van der Waals surface area contributed by atoms with Crippen molar-refractivity contribution in [3.05, 3.63) is 29.8 Å². The van der Waals surface area contributed by atoms with Crippen molar-refractivity contribution in [2.24, 2.45) is 5.92 Å². The van der Waals surface area contributed by atoms with E-state index in [1.165, 1.54) is 6.92 Å². The highest BCUT2D eigenvalue weighted by molar-refractivity contribution is 6.00. The molecule has 0 radical (unpaired) electrons. The molecule has 1 atom stereocenters. The van der Waals surface area contributed by atoms with E-state index in [1.807, 2.05) is 0 Å². The van der Waals surface area contributed by atoms with E-state index < -0.39 is 5.54 Å². The van der Waals surface area contributed by atoms with Gasteiger partial charge in [0.05, 0.1) is 12.6 Å². The van der Waals surface area contributed by atoms with Crippen molar-refractivity contribution in [2.75, 3.05) is 11.9 Å². The van der Waals surface area contributed by atoms with Crippen LogP contribution in [0.5, 0.6) is 0 Å². The fourth-order valence-corrected chi connectivity index (χ4v) is 2.34. The first kappa shape index (κ1) is 15.0. The average Bonchev–Trinajstić information content (AvgIpc) is 3.30. The number of anilines is 1. The predicted octanol–water partition coefficient (Wildman–Crippen LogP) is 2.11. The van der Waals surface area contributed by atoms with Gasteiger partial charge in [-0.1, -0.05) is 12.1 Å². The lowest BCUT2D eigenvalue weighted by atomic mass is 9.98. The number of benzene rings is 1. The number of Topliss-reactive ketones (excluding diaryl/α,β-unsaturated/α-hetero) is 1. The Morgan fingerprint density at radius 3 is 2.62 bits per heavy atom. The molecule has 5 nitrogen and oxygen atoms in total. The Morgan fingerprint density at radius 2 is 2.05 bits per heavy atom. The fourth-order valence-electron chi connectivity index (χ4n) is 2.34. The molecular weight excluding hydrogens is 266 g/mol. The summed E-state index contributed by atoms with van der Waals surface area (Å²) in [5.74, 6) is -0.0568. The molecule has 1 unspecified atom stereocenters. The maximum absolute atomic E-state index is 12.0. The largest absolute Gasteiger partial charge is 0.376 e. The van der Waals surface area contributed by atoms with Crippen molar-refractivity contribution >= 4 is 17.4 Å². The highest BCUT2D eigenvalue weighted by Crippen LogP contribution is 2.39. The minimum Gasteiger partial charge on any atom is -0.376 e. The molecule has 0 aliphatic heterocycles. The zero-order valence-electron chi connectivity index (χ0n) is 12.3. The predicted molar refractivity (Wildman–Crippen MR) is 79.8 cm³/mol. The smallest absolute Gasteiger partial charge is 0.240 e. The second-order valence-corrected chi connectivity index (χ2v) is 5.59. The highest BCUT2D eigenvalue weighted by Gasteiger charge is 2.42. The van der Waals surface area contributed by atoms with Crippen molar-refractivity contribution in [3.8, 4) is 6.07 Å². The van der Waals surface area contributed by atoms with Crippen molar-refractivity contribution in [1.82, 2.24) is 5.32 Å². The van der Waals surface area contributed by atoms with E-state index in [2.05, 4.69) is 16.7 Å². The second-order valence-electron chi connectivity index (χ2n) is 5.59. The summed E-state index contributed by atoms with van der Waals surface area (Å²) >= 11 is 0. The van der Waals surface area contributed by atoms with Crippen molar-refractivity contribution in [2.45, 2.75) is 32.2 Å². The van der Waals surface area contributed by atoms with Crippen LogP contribution in [0.1, 0.15) is 37.0 Å². The zero-order valence-corrected chi connectivity index (χ0v) is 12.3. The van der Waals surface area contributed by atoms with Gasteiger partial charge in [-0.2, -0.15) is 5.26 Å². The average molecular weight is 285 g/mol. The number of carbonyl (C=O) groups excluding carboxylic acids is 2. The third-order valence-electron chi connectivity index (χ3n) is 3.77. The summed E-state index contributed by atoms with van der Waals surface area (Å²) in [6.45, 7) is 3.28. The molecule has 110 valence electrons. The summed E-state index contributed by atoms with van der Waals surface area (Å²) < 4.78 is 0. The Balaban J connectivity index is 1.96. The van der Waals surface area contributed by atoms with Crippen molar-refractivity contribution < 1.29 is 9.59 Å². The number of nitrogens with one attached hydrogen (secondary N) is 2. The van der Waals surface area contributed by atoms with Crippen LogP contribution in [0.2, 0.25) is 0 Å². The quantitative estimate of drug-likeness (QED) is 0.784. The fraction of sp³-hybridized carbons (Fsp3) is 0.438. The molecular formula is C16H19N3O2. The minimum atomic E-state index is -0.793. The number of ketones is 1. The van der Waals surface area contributed by atoms with Crippen LogP contribution >= 0.6 is 0 Å². The van der Waals surface area contributed by atoms with Gasteiger partial charge >= 0.3 is 0 Å². The van der Waals surface area contributed by atoms with Crippen LogP contribution in [0.4, 0.5) is 5.69 Å². The van der Waals surface area contributed by atoms with Crippen LogP contribution in [-0.2, 0) is 4.79 Å². The van der Waals surface area contributed by atoms with E-state index in [-0.39, 0.29) is 24.2 Å². The maximum atomic E-state index is 12.0. The number of nitrogens with zero attached hydrogens (tertiary/aromatic N) is 1. The molecule has 1 aromatic carbocycles. The first-order valence-corrected chi connectivity index (χ1v) is 7.02. The van der Waals surface area contributed by atoms with Crippen LogP contribution < -0.4 is 10.6 Å². The van der Waals surface area contributed by atoms with E-state index in [0.717, 1.165) is 12.8 Å². The third kappa shape index (κ3) is 3.60. The van der Waals surface area contributed by atoms with Gasteiger partial charge in [-0.05, 0) is 44.7 Å². The molecule has 1 fully saturated rings. The monoisotopic (exact) mass is 285 g/mol. The van der Waals surface area contributed by atoms with Crippen LogP contribution in [0.15, 0.2) is 24.3 Å². The second kappa shape index (κ2) is 5.96. The SMILES string of the molecule is CC(=O)c1ccccc1NCC(=O)NC(C)(C#N)C1CC1. The molecule has 2 N–H and O–H groups in total. The van der Waals surface area contributed by atoms with Crippen LogP contribution in [0.25, 0.3) is 0 Å². The number of amides is 1. The van der Waals surface area contributed by atoms with Gasteiger partial charge in [-0.15, -0.1) is 0 Å². The lowest BCUT2D eigenvalue weighted by molar-refractivity contribution is -0.120. The first-order valence-electron chi connectivity index (χ1n) is 7.02. The number of nitriles is 1. The van der Waals surface area contributed by atoms with Gasteiger partial charge < -0.3 is 10.6 Å². The van der Waals surface area contributed by atoms with Crippen LogP contribution in [0, 0.1) is 17.2 Å². The third-order valence-corrected chi connectivity index (χ3v) is 3.77. The molecule has 2 rings (SSSR count). The minimum absolute atomic E-state index is 0.0360. The Hall–Kier alpha value is -2.35.